The summed E-state index contributed by atoms with van der Waals surface area (Å²) in [7, 11) is -2.80. The number of rotatable bonds is 13. The van der Waals surface area contributed by atoms with Gasteiger partial charge in [0, 0.05) is 24.0 Å². The number of benzene rings is 4. The summed E-state index contributed by atoms with van der Waals surface area (Å²) in [6.45, 7) is -0.623. The summed E-state index contributed by atoms with van der Waals surface area (Å²) in [4.78, 5) is 30.2. The van der Waals surface area contributed by atoms with Crippen molar-refractivity contribution in [1.82, 2.24) is 10.2 Å². The third-order valence-corrected chi connectivity index (χ3v) is 11.1. The molecule has 0 radical (unpaired) electrons. The van der Waals surface area contributed by atoms with Gasteiger partial charge in [-0.3, -0.25) is 13.9 Å². The molecule has 1 aliphatic carbocycles. The second kappa shape index (κ2) is 16.1. The van der Waals surface area contributed by atoms with Crippen molar-refractivity contribution in [2.24, 2.45) is 0 Å². The maximum atomic E-state index is 14.6. The minimum absolute atomic E-state index is 0.00119. The Kier molecular flexibility index (Phi) is 11.9. The number of ether oxygens (including phenoxy) is 1. The maximum Gasteiger partial charge on any atom is 0.264 e. The van der Waals surface area contributed by atoms with Gasteiger partial charge >= 0.3 is 0 Å². The predicted molar refractivity (Wildman–Crippen MR) is 190 cm³/mol. The zero-order valence-electron chi connectivity index (χ0n) is 26.3. The van der Waals surface area contributed by atoms with Crippen molar-refractivity contribution >= 4 is 62.3 Å². The molecule has 0 spiro atoms. The Morgan fingerprint density at radius 3 is 2.15 bits per heavy atom. The molecule has 1 N–H and O–H groups in total. The molecular weight excluding hydrogens is 693 g/mol. The van der Waals surface area contributed by atoms with Gasteiger partial charge in [0.2, 0.25) is 11.8 Å². The van der Waals surface area contributed by atoms with Crippen molar-refractivity contribution in [3.8, 4) is 5.75 Å². The second-order valence-electron chi connectivity index (χ2n) is 11.6. The van der Waals surface area contributed by atoms with Crippen molar-refractivity contribution < 1.29 is 22.7 Å². The topological polar surface area (TPSA) is 96.0 Å². The van der Waals surface area contributed by atoms with Crippen LogP contribution in [0.2, 0.25) is 15.1 Å². The van der Waals surface area contributed by atoms with E-state index in [1.165, 1.54) is 48.4 Å². The summed E-state index contributed by atoms with van der Waals surface area (Å²) >= 11 is 18.7. The van der Waals surface area contributed by atoms with Gasteiger partial charge in [-0.25, -0.2) is 8.42 Å². The van der Waals surface area contributed by atoms with Gasteiger partial charge in [0.25, 0.3) is 10.0 Å². The summed E-state index contributed by atoms with van der Waals surface area (Å²) in [6.07, 6.45) is 3.95. The van der Waals surface area contributed by atoms with Crippen LogP contribution in [0, 0.1) is 0 Å². The van der Waals surface area contributed by atoms with Crippen molar-refractivity contribution in [2.75, 3.05) is 18.0 Å². The summed E-state index contributed by atoms with van der Waals surface area (Å²) in [6, 6.07) is 25.5. The first-order valence-corrected chi connectivity index (χ1v) is 18.1. The first kappa shape index (κ1) is 35.5. The zero-order chi connectivity index (χ0) is 34.3. The molecule has 1 aliphatic rings. The number of hydrogen-bond acceptors (Lipinski definition) is 5. The fourth-order valence-electron chi connectivity index (χ4n) is 5.77. The number of anilines is 1. The lowest BCUT2D eigenvalue weighted by molar-refractivity contribution is -0.140. The zero-order valence-corrected chi connectivity index (χ0v) is 29.4. The first-order valence-electron chi connectivity index (χ1n) is 15.5. The smallest absolute Gasteiger partial charge is 0.264 e. The van der Waals surface area contributed by atoms with Crippen LogP contribution >= 0.6 is 34.8 Å². The number of sulfonamides is 1. The van der Waals surface area contributed by atoms with Gasteiger partial charge in [-0.2, -0.15) is 0 Å². The average Bonchev–Trinajstić information content (AvgIpc) is 3.60. The lowest BCUT2D eigenvalue weighted by Gasteiger charge is -2.34. The number of carbonyl (C=O) groups is 2. The van der Waals surface area contributed by atoms with E-state index in [4.69, 9.17) is 39.5 Å². The van der Waals surface area contributed by atoms with Crippen molar-refractivity contribution in [2.45, 2.75) is 55.6 Å². The third kappa shape index (κ3) is 8.82. The number of halogens is 3. The van der Waals surface area contributed by atoms with E-state index in [1.807, 2.05) is 30.3 Å². The molecule has 1 saturated carbocycles. The molecule has 0 heterocycles. The molecule has 48 heavy (non-hydrogen) atoms. The second-order valence-corrected chi connectivity index (χ2v) is 14.7. The molecular formula is C36H36Cl3N3O5S. The third-order valence-electron chi connectivity index (χ3n) is 8.35. The molecule has 0 aliphatic heterocycles. The molecule has 1 unspecified atom stereocenters. The minimum Gasteiger partial charge on any atom is -0.497 e. The molecule has 0 saturated heterocycles. The molecule has 0 bridgehead atoms. The molecule has 252 valence electrons. The molecule has 8 nitrogen and oxygen atoms in total. The van der Waals surface area contributed by atoms with E-state index in [0.29, 0.717) is 26.4 Å². The van der Waals surface area contributed by atoms with Gasteiger partial charge in [0.1, 0.15) is 18.3 Å². The van der Waals surface area contributed by atoms with Crippen LogP contribution in [-0.4, -0.2) is 50.9 Å². The molecule has 1 fully saturated rings. The largest absolute Gasteiger partial charge is 0.497 e. The maximum absolute atomic E-state index is 14.6. The Hall–Kier alpha value is -3.76. The fraction of sp³-hybridized carbons (Fsp3) is 0.278. The van der Waals surface area contributed by atoms with Crippen LogP contribution in [0.25, 0.3) is 0 Å². The van der Waals surface area contributed by atoms with Crippen LogP contribution in [0.5, 0.6) is 5.75 Å². The van der Waals surface area contributed by atoms with Crippen molar-refractivity contribution in [1.29, 1.82) is 0 Å². The SMILES string of the molecule is COc1ccc(S(=O)(=O)N(CC(=O)N(Cc2ccc(Cl)c(Cl)c2)C(Cc2ccccc2)C(=O)NC2CCCC2)c2ccc(Cl)cc2)cc1. The Morgan fingerprint density at radius 2 is 1.52 bits per heavy atom. The monoisotopic (exact) mass is 727 g/mol. The molecule has 12 heteroatoms. The van der Waals surface area contributed by atoms with E-state index in [-0.39, 0.29) is 35.5 Å². The van der Waals surface area contributed by atoms with E-state index >= 15 is 0 Å². The molecule has 4 aromatic rings. The van der Waals surface area contributed by atoms with E-state index in [2.05, 4.69) is 5.32 Å². The molecule has 5 rings (SSSR count). The predicted octanol–water partition coefficient (Wildman–Crippen LogP) is 7.55. The number of methoxy groups -OCH3 is 1. The van der Waals surface area contributed by atoms with Crippen LogP contribution in [-0.2, 0) is 32.6 Å². The summed E-state index contributed by atoms with van der Waals surface area (Å²) in [5, 5.41) is 4.20. The van der Waals surface area contributed by atoms with Crippen LogP contribution < -0.4 is 14.4 Å². The van der Waals surface area contributed by atoms with Crippen LogP contribution in [0.4, 0.5) is 5.69 Å². The Bertz CT molecular complexity index is 1820. The summed E-state index contributed by atoms with van der Waals surface area (Å²) in [5.41, 5.74) is 1.70. The molecule has 1 atom stereocenters. The van der Waals surface area contributed by atoms with Gasteiger partial charge in [-0.15, -0.1) is 0 Å². The number of amides is 2. The number of hydrogen-bond donors (Lipinski definition) is 1. The standard InChI is InChI=1S/C36H36Cl3N3O5S/c1-47-30-16-18-31(19-17-30)48(45,46)42(29-14-12-27(37)13-15-29)24-35(43)41(23-26-11-20-32(38)33(39)21-26)34(22-25-7-3-2-4-8-25)36(44)40-28-9-5-6-10-28/h2-4,7-8,11-21,28,34H,5-6,9-10,22-24H2,1H3,(H,40,44). The van der Waals surface area contributed by atoms with E-state index < -0.39 is 28.5 Å². The molecule has 4 aromatic carbocycles. The van der Waals surface area contributed by atoms with Gasteiger partial charge in [0.15, 0.2) is 0 Å². The van der Waals surface area contributed by atoms with Gasteiger partial charge in [0.05, 0.1) is 27.7 Å². The fourth-order valence-corrected chi connectivity index (χ4v) is 7.63. The van der Waals surface area contributed by atoms with Crippen LogP contribution in [0.3, 0.4) is 0 Å². The minimum atomic E-state index is -4.28. The summed E-state index contributed by atoms with van der Waals surface area (Å²) < 4.78 is 34.7. The average molecular weight is 729 g/mol. The van der Waals surface area contributed by atoms with E-state index in [1.54, 1.807) is 30.3 Å². The van der Waals surface area contributed by atoms with Gasteiger partial charge in [-0.05, 0) is 84.6 Å². The van der Waals surface area contributed by atoms with Crippen molar-refractivity contribution in [3.63, 3.8) is 0 Å². The first-order chi connectivity index (χ1) is 23.0. The van der Waals surface area contributed by atoms with Gasteiger partial charge < -0.3 is 15.0 Å². The molecule has 2 amide bonds. The van der Waals surface area contributed by atoms with E-state index in [0.717, 1.165) is 35.6 Å². The lowest BCUT2D eigenvalue weighted by atomic mass is 10.0. The molecule has 0 aromatic heterocycles. The quantitative estimate of drug-likeness (QED) is 0.154. The highest BCUT2D eigenvalue weighted by atomic mass is 35.5. The Balaban J connectivity index is 1.57. The van der Waals surface area contributed by atoms with Crippen LogP contribution in [0.1, 0.15) is 36.8 Å². The Labute approximate surface area is 296 Å². The summed E-state index contributed by atoms with van der Waals surface area (Å²) in [5.74, 6) is -0.418. The normalized spacial score (nSPS) is 13.9. The highest BCUT2D eigenvalue weighted by Gasteiger charge is 2.35. The van der Waals surface area contributed by atoms with Gasteiger partial charge in [-0.1, -0.05) is 84.0 Å². The highest BCUT2D eigenvalue weighted by Crippen LogP contribution is 2.29. The van der Waals surface area contributed by atoms with E-state index in [9.17, 15) is 18.0 Å². The highest BCUT2D eigenvalue weighted by molar-refractivity contribution is 7.92. The number of nitrogens with one attached hydrogen (secondary N) is 1. The van der Waals surface area contributed by atoms with Crippen LogP contribution in [0.15, 0.2) is 102 Å². The lowest BCUT2D eigenvalue weighted by Crippen LogP contribution is -2.54. The van der Waals surface area contributed by atoms with Crippen molar-refractivity contribution in [3.05, 3.63) is 123 Å². The number of carbonyl (C=O) groups excluding carboxylic acids is 2. The Morgan fingerprint density at radius 1 is 0.854 bits per heavy atom. The number of nitrogens with zero attached hydrogens (tertiary/aromatic N) is 2.